The minimum absolute atomic E-state index is 0.00788. The molecule has 0 aromatic carbocycles. The van der Waals surface area contributed by atoms with Crippen molar-refractivity contribution in [3.05, 3.63) is 23.5 Å². The van der Waals surface area contributed by atoms with Gasteiger partial charge in [-0.25, -0.2) is 0 Å². The number of rotatable bonds is 4. The Labute approximate surface area is 86.7 Å². The monoisotopic (exact) mass is 217 g/mol. The van der Waals surface area contributed by atoms with Crippen molar-refractivity contribution in [1.82, 2.24) is 4.98 Å². The third-order valence-corrected chi connectivity index (χ3v) is 1.88. The van der Waals surface area contributed by atoms with Crippen LogP contribution in [0.25, 0.3) is 0 Å². The fraction of sp³-hybridized carbons (Fsp3) is 0.500. The highest BCUT2D eigenvalue weighted by molar-refractivity contribution is 5.33. The maximum atomic E-state index is 12.1. The van der Waals surface area contributed by atoms with E-state index in [2.05, 4.69) is 9.72 Å². The van der Waals surface area contributed by atoms with E-state index in [4.69, 9.17) is 5.11 Å². The number of aromatic nitrogens is 1. The van der Waals surface area contributed by atoms with Crippen LogP contribution in [-0.2, 0) is 6.61 Å². The van der Waals surface area contributed by atoms with E-state index in [1.165, 1.54) is 12.3 Å². The lowest BCUT2D eigenvalue weighted by Crippen LogP contribution is -2.07. The molecule has 0 radical (unpaired) electrons. The quantitative estimate of drug-likeness (QED) is 0.841. The average Bonchev–Trinajstić information content (AvgIpc) is 2.16. The highest BCUT2D eigenvalue weighted by atomic mass is 19.3. The van der Waals surface area contributed by atoms with Crippen molar-refractivity contribution in [2.24, 2.45) is 0 Å². The van der Waals surface area contributed by atoms with Crippen molar-refractivity contribution in [3.8, 4) is 5.75 Å². The van der Waals surface area contributed by atoms with Crippen LogP contribution in [0, 0.1) is 0 Å². The topological polar surface area (TPSA) is 42.4 Å². The van der Waals surface area contributed by atoms with Crippen molar-refractivity contribution < 1.29 is 18.6 Å². The number of hydrogen-bond donors (Lipinski definition) is 1. The molecule has 0 aliphatic carbocycles. The molecule has 1 aromatic heterocycles. The van der Waals surface area contributed by atoms with Crippen molar-refractivity contribution in [2.75, 3.05) is 0 Å². The SMILES string of the molecule is CC(C)c1ncc(CO)cc1OC(F)F. The number of hydrogen-bond acceptors (Lipinski definition) is 3. The smallest absolute Gasteiger partial charge is 0.387 e. The average molecular weight is 217 g/mol. The first-order valence-electron chi connectivity index (χ1n) is 4.59. The summed E-state index contributed by atoms with van der Waals surface area (Å²) in [7, 11) is 0. The maximum absolute atomic E-state index is 12.1. The molecule has 0 bridgehead atoms. The Bertz CT molecular complexity index is 329. The van der Waals surface area contributed by atoms with Gasteiger partial charge in [-0.05, 0) is 17.5 Å². The van der Waals surface area contributed by atoms with Gasteiger partial charge in [0.25, 0.3) is 0 Å². The Morgan fingerprint density at radius 3 is 2.60 bits per heavy atom. The van der Waals surface area contributed by atoms with Crippen molar-refractivity contribution in [3.63, 3.8) is 0 Å². The molecule has 0 fully saturated rings. The zero-order valence-corrected chi connectivity index (χ0v) is 8.58. The molecule has 1 N–H and O–H groups in total. The first-order chi connectivity index (χ1) is 7.04. The summed E-state index contributed by atoms with van der Waals surface area (Å²) in [6, 6.07) is 1.38. The van der Waals surface area contributed by atoms with E-state index in [1.54, 1.807) is 0 Å². The fourth-order valence-electron chi connectivity index (χ4n) is 1.21. The Kier molecular flexibility index (Phi) is 3.96. The molecule has 1 rings (SSSR count). The number of alkyl halides is 2. The summed E-state index contributed by atoms with van der Waals surface area (Å²) < 4.78 is 28.5. The summed E-state index contributed by atoms with van der Waals surface area (Å²) in [6.45, 7) is 0.544. The normalized spacial score (nSPS) is 11.1. The molecule has 0 aliphatic rings. The molecule has 84 valence electrons. The molecule has 5 heteroatoms. The zero-order chi connectivity index (χ0) is 11.4. The molecule has 0 saturated carbocycles. The Morgan fingerprint density at radius 1 is 1.47 bits per heavy atom. The summed E-state index contributed by atoms with van der Waals surface area (Å²) in [4.78, 5) is 3.98. The summed E-state index contributed by atoms with van der Waals surface area (Å²) in [5, 5.41) is 8.84. The van der Waals surface area contributed by atoms with E-state index in [1.807, 2.05) is 13.8 Å². The third kappa shape index (κ3) is 3.13. The number of aliphatic hydroxyl groups excluding tert-OH is 1. The van der Waals surface area contributed by atoms with E-state index in [0.717, 1.165) is 0 Å². The van der Waals surface area contributed by atoms with Gasteiger partial charge in [-0.1, -0.05) is 13.8 Å². The molecule has 0 saturated heterocycles. The van der Waals surface area contributed by atoms with E-state index in [-0.39, 0.29) is 18.3 Å². The van der Waals surface area contributed by atoms with Crippen LogP contribution in [0.15, 0.2) is 12.3 Å². The third-order valence-electron chi connectivity index (χ3n) is 1.88. The minimum atomic E-state index is -2.88. The molecular weight excluding hydrogens is 204 g/mol. The van der Waals surface area contributed by atoms with E-state index >= 15 is 0 Å². The first-order valence-corrected chi connectivity index (χ1v) is 4.59. The molecule has 0 amide bonds. The minimum Gasteiger partial charge on any atom is -0.433 e. The Balaban J connectivity index is 3.05. The van der Waals surface area contributed by atoms with E-state index < -0.39 is 6.61 Å². The van der Waals surface area contributed by atoms with Gasteiger partial charge in [0, 0.05) is 6.20 Å². The van der Waals surface area contributed by atoms with Crippen LogP contribution >= 0.6 is 0 Å². The van der Waals surface area contributed by atoms with Crippen LogP contribution in [-0.4, -0.2) is 16.7 Å². The van der Waals surface area contributed by atoms with E-state index in [9.17, 15) is 8.78 Å². The van der Waals surface area contributed by atoms with Gasteiger partial charge in [0.2, 0.25) is 0 Å². The highest BCUT2D eigenvalue weighted by Gasteiger charge is 2.14. The van der Waals surface area contributed by atoms with Crippen LogP contribution in [0.1, 0.15) is 31.0 Å². The number of aliphatic hydroxyl groups is 1. The predicted octanol–water partition coefficient (Wildman–Crippen LogP) is 2.30. The number of nitrogens with zero attached hydrogens (tertiary/aromatic N) is 1. The van der Waals surface area contributed by atoms with Gasteiger partial charge in [0.1, 0.15) is 5.75 Å². The predicted molar refractivity (Wildman–Crippen MR) is 50.9 cm³/mol. The van der Waals surface area contributed by atoms with Gasteiger partial charge in [-0.3, -0.25) is 4.98 Å². The largest absolute Gasteiger partial charge is 0.433 e. The van der Waals surface area contributed by atoms with Crippen molar-refractivity contribution in [1.29, 1.82) is 0 Å². The van der Waals surface area contributed by atoms with Crippen molar-refractivity contribution in [2.45, 2.75) is 33.0 Å². The molecule has 0 aliphatic heterocycles. The molecule has 1 heterocycles. The van der Waals surface area contributed by atoms with Crippen LogP contribution < -0.4 is 4.74 Å². The second-order valence-corrected chi connectivity index (χ2v) is 3.42. The second kappa shape index (κ2) is 5.02. The second-order valence-electron chi connectivity index (χ2n) is 3.42. The molecule has 0 unspecified atom stereocenters. The molecule has 0 spiro atoms. The standard InChI is InChI=1S/C10H13F2NO2/c1-6(2)9-8(15-10(11)12)3-7(5-14)4-13-9/h3-4,6,10,14H,5H2,1-2H3. The van der Waals surface area contributed by atoms with Gasteiger partial charge >= 0.3 is 6.61 Å². The summed E-state index contributed by atoms with van der Waals surface area (Å²) in [6.07, 6.45) is 1.45. The van der Waals surface area contributed by atoms with Crippen LogP contribution in [0.2, 0.25) is 0 Å². The molecular formula is C10H13F2NO2. The fourth-order valence-corrected chi connectivity index (χ4v) is 1.21. The number of ether oxygens (including phenoxy) is 1. The number of pyridine rings is 1. The maximum Gasteiger partial charge on any atom is 0.387 e. The molecule has 1 aromatic rings. The van der Waals surface area contributed by atoms with E-state index in [0.29, 0.717) is 11.3 Å². The van der Waals surface area contributed by atoms with Gasteiger partial charge in [-0.2, -0.15) is 8.78 Å². The molecule has 3 nitrogen and oxygen atoms in total. The zero-order valence-electron chi connectivity index (χ0n) is 8.58. The lowest BCUT2D eigenvalue weighted by molar-refractivity contribution is -0.0509. The Morgan fingerprint density at radius 2 is 2.13 bits per heavy atom. The van der Waals surface area contributed by atoms with Crippen molar-refractivity contribution >= 4 is 0 Å². The lowest BCUT2D eigenvalue weighted by Gasteiger charge is -2.13. The van der Waals surface area contributed by atoms with Gasteiger partial charge in [-0.15, -0.1) is 0 Å². The first kappa shape index (κ1) is 11.8. The highest BCUT2D eigenvalue weighted by Crippen LogP contribution is 2.26. The van der Waals surface area contributed by atoms with Crippen LogP contribution in [0.5, 0.6) is 5.75 Å². The lowest BCUT2D eigenvalue weighted by atomic mass is 10.1. The van der Waals surface area contributed by atoms with Crippen LogP contribution in [0.4, 0.5) is 8.78 Å². The van der Waals surface area contributed by atoms with Gasteiger partial charge in [0.15, 0.2) is 0 Å². The summed E-state index contributed by atoms with van der Waals surface area (Å²) in [5.74, 6) is 0.0260. The summed E-state index contributed by atoms with van der Waals surface area (Å²) >= 11 is 0. The molecule has 0 atom stereocenters. The Hall–Kier alpha value is -1.23. The van der Waals surface area contributed by atoms with Crippen LogP contribution in [0.3, 0.4) is 0 Å². The molecule has 15 heavy (non-hydrogen) atoms. The van der Waals surface area contributed by atoms with Gasteiger partial charge in [0.05, 0.1) is 12.3 Å². The number of halogens is 2. The van der Waals surface area contributed by atoms with Gasteiger partial charge < -0.3 is 9.84 Å². The summed E-state index contributed by atoms with van der Waals surface area (Å²) in [5.41, 5.74) is 0.919.